The summed E-state index contributed by atoms with van der Waals surface area (Å²) in [4.78, 5) is 17.5. The molecule has 1 heterocycles. The first-order valence-corrected chi connectivity index (χ1v) is 5.83. The molecule has 106 valence electrons. The molecule has 4 nitrogen and oxygen atoms in total. The Morgan fingerprint density at radius 1 is 1.10 bits per heavy atom. The summed E-state index contributed by atoms with van der Waals surface area (Å²) in [6.45, 7) is 0. The fraction of sp³-hybridized carbons (Fsp3) is 0. The average Bonchev–Trinajstić information content (AvgIpc) is 2.79. The van der Waals surface area contributed by atoms with Crippen LogP contribution in [0.2, 0.25) is 0 Å². The number of carboxylic acids is 1. The number of nitrogens with one attached hydrogen (secondary N) is 1. The fourth-order valence-corrected chi connectivity index (χ4v) is 2.00. The van der Waals surface area contributed by atoms with Crippen LogP contribution in [0.4, 0.5) is 13.2 Å². The number of aromatic amines is 1. The first kappa shape index (κ1) is 13.2. The number of aromatic carboxylic acids is 1. The Hall–Kier alpha value is -2.83. The molecule has 2 N–H and O–H groups in total. The van der Waals surface area contributed by atoms with Gasteiger partial charge >= 0.3 is 5.97 Å². The number of benzene rings is 2. The summed E-state index contributed by atoms with van der Waals surface area (Å²) in [6, 6.07) is 4.97. The van der Waals surface area contributed by atoms with E-state index in [0.717, 1.165) is 18.2 Å². The lowest BCUT2D eigenvalue weighted by atomic mass is 10.2. The van der Waals surface area contributed by atoms with Crippen LogP contribution in [0.3, 0.4) is 0 Å². The molecule has 2 aromatic carbocycles. The van der Waals surface area contributed by atoms with Crippen LogP contribution in [-0.2, 0) is 0 Å². The maximum absolute atomic E-state index is 13.7. The molecule has 0 bridgehead atoms. The zero-order valence-electron chi connectivity index (χ0n) is 10.3. The van der Waals surface area contributed by atoms with Crippen molar-refractivity contribution >= 4 is 17.0 Å². The Bertz CT molecular complexity index is 874. The summed E-state index contributed by atoms with van der Waals surface area (Å²) in [5.74, 6) is -3.85. The van der Waals surface area contributed by atoms with E-state index in [0.29, 0.717) is 6.07 Å². The van der Waals surface area contributed by atoms with Gasteiger partial charge in [-0.15, -0.1) is 0 Å². The van der Waals surface area contributed by atoms with Crippen LogP contribution in [0.15, 0.2) is 30.3 Å². The van der Waals surface area contributed by atoms with Crippen molar-refractivity contribution in [1.82, 2.24) is 9.97 Å². The highest BCUT2D eigenvalue weighted by Gasteiger charge is 2.16. The maximum atomic E-state index is 13.7. The van der Waals surface area contributed by atoms with Crippen molar-refractivity contribution in [2.45, 2.75) is 0 Å². The number of H-pyrrole nitrogens is 1. The third kappa shape index (κ3) is 2.22. The van der Waals surface area contributed by atoms with Crippen LogP contribution < -0.4 is 0 Å². The van der Waals surface area contributed by atoms with Crippen LogP contribution in [0.25, 0.3) is 22.4 Å². The van der Waals surface area contributed by atoms with Gasteiger partial charge in [0.2, 0.25) is 0 Å². The number of hydrogen-bond acceptors (Lipinski definition) is 2. The van der Waals surface area contributed by atoms with Crippen LogP contribution in [0, 0.1) is 17.5 Å². The van der Waals surface area contributed by atoms with Gasteiger partial charge in [0.05, 0.1) is 22.2 Å². The molecule has 3 aromatic rings. The minimum atomic E-state index is -1.42. The highest BCUT2D eigenvalue weighted by Crippen LogP contribution is 2.25. The minimum Gasteiger partial charge on any atom is -0.478 e. The van der Waals surface area contributed by atoms with Crippen LogP contribution in [-0.4, -0.2) is 21.0 Å². The Morgan fingerprint density at radius 3 is 2.52 bits per heavy atom. The molecule has 0 aliphatic rings. The summed E-state index contributed by atoms with van der Waals surface area (Å²) in [5.41, 5.74) is -0.131. The average molecular weight is 292 g/mol. The molecule has 0 saturated carbocycles. The van der Waals surface area contributed by atoms with Gasteiger partial charge in [-0.25, -0.2) is 22.9 Å². The van der Waals surface area contributed by atoms with Crippen molar-refractivity contribution in [3.63, 3.8) is 0 Å². The number of fused-ring (bicyclic) bond motifs is 1. The zero-order valence-corrected chi connectivity index (χ0v) is 10.3. The van der Waals surface area contributed by atoms with Crippen molar-refractivity contribution < 1.29 is 23.1 Å². The molecule has 21 heavy (non-hydrogen) atoms. The zero-order chi connectivity index (χ0) is 15.1. The van der Waals surface area contributed by atoms with Crippen molar-refractivity contribution in [3.8, 4) is 11.4 Å². The second kappa shape index (κ2) is 4.62. The number of rotatable bonds is 2. The van der Waals surface area contributed by atoms with Gasteiger partial charge in [0.25, 0.3) is 0 Å². The Labute approximate surface area is 115 Å². The largest absolute Gasteiger partial charge is 0.478 e. The van der Waals surface area contributed by atoms with E-state index < -0.39 is 29.0 Å². The molecule has 0 fully saturated rings. The normalized spacial score (nSPS) is 11.0. The third-order valence-corrected chi connectivity index (χ3v) is 2.99. The molecule has 0 atom stereocenters. The molecule has 7 heteroatoms. The molecule has 0 radical (unpaired) electrons. The van der Waals surface area contributed by atoms with Gasteiger partial charge in [0, 0.05) is 12.1 Å². The van der Waals surface area contributed by atoms with Crippen molar-refractivity contribution in [2.75, 3.05) is 0 Å². The van der Waals surface area contributed by atoms with E-state index in [-0.39, 0.29) is 22.4 Å². The van der Waals surface area contributed by atoms with E-state index in [9.17, 15) is 18.0 Å². The van der Waals surface area contributed by atoms with E-state index in [2.05, 4.69) is 9.97 Å². The monoisotopic (exact) mass is 292 g/mol. The lowest BCUT2D eigenvalue weighted by Crippen LogP contribution is -1.99. The minimum absolute atomic E-state index is 0.00452. The Kier molecular flexibility index (Phi) is 2.90. The second-order valence-electron chi connectivity index (χ2n) is 4.36. The number of carbonyl (C=O) groups is 1. The number of halogens is 3. The first-order chi connectivity index (χ1) is 9.95. The number of aromatic nitrogens is 2. The summed E-state index contributed by atoms with van der Waals surface area (Å²) < 4.78 is 40.1. The number of imidazole rings is 1. The smallest absolute Gasteiger partial charge is 0.338 e. The summed E-state index contributed by atoms with van der Waals surface area (Å²) in [7, 11) is 0. The van der Waals surface area contributed by atoms with Crippen molar-refractivity contribution in [2.24, 2.45) is 0 Å². The summed E-state index contributed by atoms with van der Waals surface area (Å²) in [5, 5.41) is 8.84. The Balaban J connectivity index is 2.19. The van der Waals surface area contributed by atoms with E-state index in [1.165, 1.54) is 6.07 Å². The van der Waals surface area contributed by atoms with E-state index in [1.807, 2.05) is 0 Å². The highest BCUT2D eigenvalue weighted by molar-refractivity contribution is 5.93. The number of carboxylic acid groups (broad SMARTS) is 1. The number of nitrogens with zero attached hydrogens (tertiary/aromatic N) is 1. The van der Waals surface area contributed by atoms with Gasteiger partial charge in [-0.3, -0.25) is 0 Å². The van der Waals surface area contributed by atoms with Gasteiger partial charge in [-0.1, -0.05) is 0 Å². The first-order valence-electron chi connectivity index (χ1n) is 5.83. The van der Waals surface area contributed by atoms with Gasteiger partial charge in [0.15, 0.2) is 0 Å². The Morgan fingerprint density at radius 2 is 1.86 bits per heavy atom. The van der Waals surface area contributed by atoms with Crippen LogP contribution in [0.5, 0.6) is 0 Å². The van der Waals surface area contributed by atoms with Gasteiger partial charge in [0.1, 0.15) is 23.3 Å². The lowest BCUT2D eigenvalue weighted by molar-refractivity contribution is 0.0692. The quantitative estimate of drug-likeness (QED) is 0.761. The lowest BCUT2D eigenvalue weighted by Gasteiger charge is -1.98. The maximum Gasteiger partial charge on any atom is 0.338 e. The van der Waals surface area contributed by atoms with E-state index >= 15 is 0 Å². The second-order valence-corrected chi connectivity index (χ2v) is 4.36. The molecule has 0 saturated heterocycles. The summed E-state index contributed by atoms with van der Waals surface area (Å²) in [6.07, 6.45) is 0. The third-order valence-electron chi connectivity index (χ3n) is 2.99. The van der Waals surface area contributed by atoms with E-state index in [4.69, 9.17) is 5.11 Å². The molecule has 0 aliphatic carbocycles. The molecular formula is C14H7F3N2O2. The SMILES string of the molecule is O=C(O)c1cc2nc(-c3ccc(F)cc3F)[nH]c2cc1F. The molecule has 3 rings (SSSR count). The van der Waals surface area contributed by atoms with Crippen LogP contribution >= 0.6 is 0 Å². The van der Waals surface area contributed by atoms with Gasteiger partial charge in [-0.2, -0.15) is 0 Å². The fourth-order valence-electron chi connectivity index (χ4n) is 2.00. The van der Waals surface area contributed by atoms with Gasteiger partial charge < -0.3 is 10.1 Å². The molecule has 0 amide bonds. The molecule has 0 unspecified atom stereocenters. The molecule has 0 spiro atoms. The summed E-state index contributed by atoms with van der Waals surface area (Å²) >= 11 is 0. The predicted molar refractivity (Wildman–Crippen MR) is 68.4 cm³/mol. The topological polar surface area (TPSA) is 66.0 Å². The van der Waals surface area contributed by atoms with Crippen molar-refractivity contribution in [3.05, 3.63) is 53.3 Å². The van der Waals surface area contributed by atoms with E-state index in [1.54, 1.807) is 0 Å². The molecular weight excluding hydrogens is 285 g/mol. The molecule has 0 aliphatic heterocycles. The van der Waals surface area contributed by atoms with Gasteiger partial charge in [-0.05, 0) is 18.2 Å². The van der Waals surface area contributed by atoms with Crippen LogP contribution in [0.1, 0.15) is 10.4 Å². The van der Waals surface area contributed by atoms with Crippen molar-refractivity contribution in [1.29, 1.82) is 0 Å². The molecule has 1 aromatic heterocycles. The standard InChI is InChI=1S/C14H7F3N2O2/c15-6-1-2-7(9(16)3-6)13-18-11-4-8(14(20)21)10(17)5-12(11)19-13/h1-5H,(H,18,19)(H,20,21). The highest BCUT2D eigenvalue weighted by atomic mass is 19.1. The number of hydrogen-bond donors (Lipinski definition) is 2. The predicted octanol–water partition coefficient (Wildman–Crippen LogP) is 3.35.